The summed E-state index contributed by atoms with van der Waals surface area (Å²) in [4.78, 5) is 14.1. The number of amides is 1. The molecule has 0 spiro atoms. The monoisotopic (exact) mass is 322 g/mol. The normalized spacial score (nSPS) is 22.1. The molecule has 23 heavy (non-hydrogen) atoms. The summed E-state index contributed by atoms with van der Waals surface area (Å²) in [5.41, 5.74) is 0.802. The number of carbonyl (C=O) groups excluding carboxylic acids is 1. The highest BCUT2D eigenvalue weighted by molar-refractivity contribution is 5.76. The summed E-state index contributed by atoms with van der Waals surface area (Å²) in [6.07, 6.45) is 5.99. The first-order valence-electron chi connectivity index (χ1n) is 8.56. The second kappa shape index (κ2) is 7.39. The summed E-state index contributed by atoms with van der Waals surface area (Å²) in [7, 11) is 0. The Balaban J connectivity index is 1.45. The van der Waals surface area contributed by atoms with Gasteiger partial charge < -0.3 is 5.32 Å². The fraction of sp³-hybridized carbons (Fsp3) is 0.611. The van der Waals surface area contributed by atoms with Gasteiger partial charge in [0.15, 0.2) is 11.6 Å². The van der Waals surface area contributed by atoms with Crippen LogP contribution in [0.3, 0.4) is 0 Å². The summed E-state index contributed by atoms with van der Waals surface area (Å²) in [5.74, 6) is -0.899. The van der Waals surface area contributed by atoms with Crippen LogP contribution in [0, 0.1) is 17.6 Å². The van der Waals surface area contributed by atoms with Gasteiger partial charge in [0.1, 0.15) is 0 Å². The van der Waals surface area contributed by atoms with Gasteiger partial charge in [0.25, 0.3) is 0 Å². The quantitative estimate of drug-likeness (QED) is 0.872. The highest BCUT2D eigenvalue weighted by Gasteiger charge is 2.25. The average molecular weight is 322 g/mol. The molecule has 1 aromatic rings. The van der Waals surface area contributed by atoms with Crippen LogP contribution < -0.4 is 5.32 Å². The van der Waals surface area contributed by atoms with Crippen molar-refractivity contribution in [1.82, 2.24) is 10.2 Å². The number of benzene rings is 1. The SMILES string of the molecule is O=C(CC[C@H]1CCCN(Cc2ccc(F)c(F)c2)C1)NC1CC1. The number of nitrogens with one attached hydrogen (secondary N) is 1. The van der Waals surface area contributed by atoms with Gasteiger partial charge in [-0.3, -0.25) is 9.69 Å². The Morgan fingerprint density at radius 2 is 2.04 bits per heavy atom. The van der Waals surface area contributed by atoms with Gasteiger partial charge in [0, 0.05) is 25.6 Å². The van der Waals surface area contributed by atoms with Crippen molar-refractivity contribution in [3.8, 4) is 0 Å². The van der Waals surface area contributed by atoms with E-state index in [1.165, 1.54) is 12.1 Å². The van der Waals surface area contributed by atoms with Crippen molar-refractivity contribution < 1.29 is 13.6 Å². The minimum absolute atomic E-state index is 0.172. The van der Waals surface area contributed by atoms with E-state index in [1.807, 2.05) is 0 Å². The molecule has 0 unspecified atom stereocenters. The number of rotatable bonds is 6. The van der Waals surface area contributed by atoms with Gasteiger partial charge in [0.05, 0.1) is 0 Å². The lowest BCUT2D eigenvalue weighted by Gasteiger charge is -2.32. The summed E-state index contributed by atoms with van der Waals surface area (Å²) in [6.45, 7) is 2.54. The van der Waals surface area contributed by atoms with Crippen molar-refractivity contribution in [1.29, 1.82) is 0 Å². The molecule has 0 aromatic heterocycles. The van der Waals surface area contributed by atoms with Crippen LogP contribution >= 0.6 is 0 Å². The fourth-order valence-corrected chi connectivity index (χ4v) is 3.29. The molecule has 1 aliphatic carbocycles. The predicted molar refractivity (Wildman–Crippen MR) is 84.8 cm³/mol. The van der Waals surface area contributed by atoms with Crippen LogP contribution in [0.4, 0.5) is 8.78 Å². The number of halogens is 2. The van der Waals surface area contributed by atoms with Gasteiger partial charge in [-0.1, -0.05) is 6.07 Å². The molecule has 1 heterocycles. The predicted octanol–water partition coefficient (Wildman–Crippen LogP) is 3.24. The third-order valence-corrected chi connectivity index (χ3v) is 4.72. The van der Waals surface area contributed by atoms with Crippen molar-refractivity contribution in [3.05, 3.63) is 35.4 Å². The largest absolute Gasteiger partial charge is 0.353 e. The van der Waals surface area contributed by atoms with E-state index in [9.17, 15) is 13.6 Å². The minimum Gasteiger partial charge on any atom is -0.353 e. The van der Waals surface area contributed by atoms with Gasteiger partial charge in [0.2, 0.25) is 5.91 Å². The highest BCUT2D eigenvalue weighted by atomic mass is 19.2. The van der Waals surface area contributed by atoms with Crippen molar-refractivity contribution in [2.75, 3.05) is 13.1 Å². The molecule has 1 saturated carbocycles. The summed E-state index contributed by atoms with van der Waals surface area (Å²) < 4.78 is 26.3. The van der Waals surface area contributed by atoms with Crippen LogP contribution in [-0.2, 0) is 11.3 Å². The van der Waals surface area contributed by atoms with Gasteiger partial charge in [-0.25, -0.2) is 8.78 Å². The lowest BCUT2D eigenvalue weighted by molar-refractivity contribution is -0.121. The van der Waals surface area contributed by atoms with E-state index in [1.54, 1.807) is 6.07 Å². The molecule has 3 nitrogen and oxygen atoms in total. The molecule has 3 rings (SSSR count). The number of likely N-dealkylation sites (tertiary alicyclic amines) is 1. The zero-order valence-electron chi connectivity index (χ0n) is 13.4. The van der Waals surface area contributed by atoms with E-state index in [0.29, 0.717) is 24.9 Å². The van der Waals surface area contributed by atoms with E-state index in [4.69, 9.17) is 0 Å². The maximum atomic E-state index is 13.3. The van der Waals surface area contributed by atoms with Crippen molar-refractivity contribution in [3.63, 3.8) is 0 Å². The van der Waals surface area contributed by atoms with E-state index in [0.717, 1.165) is 50.8 Å². The molecule has 2 fully saturated rings. The summed E-state index contributed by atoms with van der Waals surface area (Å²) >= 11 is 0. The topological polar surface area (TPSA) is 32.3 Å². The molecule has 2 aliphatic rings. The Hall–Kier alpha value is -1.49. The lowest BCUT2D eigenvalue weighted by Crippen LogP contribution is -2.35. The zero-order valence-corrected chi connectivity index (χ0v) is 13.4. The molecular weight excluding hydrogens is 298 g/mol. The second-order valence-corrected chi connectivity index (χ2v) is 6.87. The molecule has 1 N–H and O–H groups in total. The van der Waals surface area contributed by atoms with E-state index < -0.39 is 11.6 Å². The van der Waals surface area contributed by atoms with Crippen molar-refractivity contribution in [2.24, 2.45) is 5.92 Å². The number of hydrogen-bond acceptors (Lipinski definition) is 2. The van der Waals surface area contributed by atoms with E-state index in [2.05, 4.69) is 10.2 Å². The maximum Gasteiger partial charge on any atom is 0.220 e. The van der Waals surface area contributed by atoms with E-state index in [-0.39, 0.29) is 5.91 Å². The molecule has 0 radical (unpaired) electrons. The zero-order chi connectivity index (χ0) is 16.2. The van der Waals surface area contributed by atoms with Gasteiger partial charge in [-0.15, -0.1) is 0 Å². The molecule has 1 amide bonds. The fourth-order valence-electron chi connectivity index (χ4n) is 3.29. The third-order valence-electron chi connectivity index (χ3n) is 4.72. The number of carbonyl (C=O) groups is 1. The second-order valence-electron chi connectivity index (χ2n) is 6.87. The van der Waals surface area contributed by atoms with Gasteiger partial charge in [-0.2, -0.15) is 0 Å². The van der Waals surface area contributed by atoms with Crippen LogP contribution in [0.15, 0.2) is 18.2 Å². The molecule has 1 aromatic carbocycles. The first kappa shape index (κ1) is 16.4. The van der Waals surface area contributed by atoms with Crippen molar-refractivity contribution >= 4 is 5.91 Å². The Kier molecular flexibility index (Phi) is 5.26. The number of hydrogen-bond donors (Lipinski definition) is 1. The maximum absolute atomic E-state index is 13.3. The minimum atomic E-state index is -0.799. The Bertz CT molecular complexity index is 560. The third kappa shape index (κ3) is 4.99. The molecule has 5 heteroatoms. The highest BCUT2D eigenvalue weighted by Crippen LogP contribution is 2.24. The smallest absolute Gasteiger partial charge is 0.220 e. The van der Waals surface area contributed by atoms with Gasteiger partial charge >= 0.3 is 0 Å². The van der Waals surface area contributed by atoms with Crippen LogP contribution in [0.5, 0.6) is 0 Å². The summed E-state index contributed by atoms with van der Waals surface area (Å²) in [6, 6.07) is 4.54. The Labute approximate surface area is 136 Å². The Morgan fingerprint density at radius 3 is 2.78 bits per heavy atom. The standard InChI is InChI=1S/C18H24F2N2O/c19-16-7-3-14(10-17(16)20)12-22-9-1-2-13(11-22)4-8-18(23)21-15-5-6-15/h3,7,10,13,15H,1-2,4-6,8-9,11-12H2,(H,21,23)/t13-/m1/s1. The average Bonchev–Trinajstić information content (AvgIpc) is 3.33. The van der Waals surface area contributed by atoms with Gasteiger partial charge in [-0.05, 0) is 62.3 Å². The number of nitrogens with zero attached hydrogens (tertiary/aromatic N) is 1. The van der Waals surface area contributed by atoms with Crippen LogP contribution in [-0.4, -0.2) is 29.9 Å². The Morgan fingerprint density at radius 1 is 1.22 bits per heavy atom. The number of piperidine rings is 1. The first-order valence-corrected chi connectivity index (χ1v) is 8.56. The molecule has 1 saturated heterocycles. The molecule has 1 atom stereocenters. The lowest BCUT2D eigenvalue weighted by atomic mass is 9.93. The first-order chi connectivity index (χ1) is 11.1. The molecule has 1 aliphatic heterocycles. The van der Waals surface area contributed by atoms with E-state index >= 15 is 0 Å². The van der Waals surface area contributed by atoms with Crippen LogP contribution in [0.1, 0.15) is 44.1 Å². The molecule has 126 valence electrons. The molecule has 0 bridgehead atoms. The van der Waals surface area contributed by atoms with Crippen LogP contribution in [0.2, 0.25) is 0 Å². The van der Waals surface area contributed by atoms with Crippen molar-refractivity contribution in [2.45, 2.75) is 51.1 Å². The summed E-state index contributed by atoms with van der Waals surface area (Å²) in [5, 5.41) is 3.03. The van der Waals surface area contributed by atoms with Crippen LogP contribution in [0.25, 0.3) is 0 Å². The molecular formula is C18H24F2N2O.